The molecule has 0 saturated heterocycles. The van der Waals surface area contributed by atoms with Crippen LogP contribution in [0.3, 0.4) is 0 Å². The molecule has 1 amide bonds. The van der Waals surface area contributed by atoms with Crippen molar-refractivity contribution in [2.24, 2.45) is 7.05 Å². The van der Waals surface area contributed by atoms with Crippen LogP contribution in [0, 0.1) is 0 Å². The van der Waals surface area contributed by atoms with E-state index >= 15 is 0 Å². The van der Waals surface area contributed by atoms with E-state index < -0.39 is 11.9 Å². The van der Waals surface area contributed by atoms with Gasteiger partial charge in [0.15, 0.2) is 0 Å². The van der Waals surface area contributed by atoms with E-state index in [1.165, 1.54) is 12.4 Å². The number of imidazole rings is 1. The number of benzene rings is 1. The Kier molecular flexibility index (Phi) is 4.24. The Morgan fingerprint density at radius 1 is 1.35 bits per heavy atom. The van der Waals surface area contributed by atoms with Crippen molar-refractivity contribution in [3.63, 3.8) is 0 Å². The van der Waals surface area contributed by atoms with Crippen LogP contribution in [0.5, 0.6) is 0 Å². The van der Waals surface area contributed by atoms with Crippen molar-refractivity contribution in [1.82, 2.24) is 9.55 Å². The van der Waals surface area contributed by atoms with Gasteiger partial charge in [-0.05, 0) is 28.1 Å². The summed E-state index contributed by atoms with van der Waals surface area (Å²) in [6, 6.07) is 3.07. The third-order valence-electron chi connectivity index (χ3n) is 2.46. The lowest BCUT2D eigenvalue weighted by Crippen LogP contribution is -2.15. The maximum atomic E-state index is 12.0. The molecule has 6 nitrogen and oxygen atoms in total. The molecule has 2 N–H and O–H groups in total. The van der Waals surface area contributed by atoms with Gasteiger partial charge in [0.1, 0.15) is 5.69 Å². The fraction of sp³-hybridized carbons (Fsp3) is 0.0833. The molecule has 1 heterocycles. The Hall–Kier alpha value is -1.67. The quantitative estimate of drug-likeness (QED) is 0.826. The summed E-state index contributed by atoms with van der Waals surface area (Å²) in [5, 5.41) is 11.7. The molecule has 20 heavy (non-hydrogen) atoms. The Morgan fingerprint density at radius 3 is 2.60 bits per heavy atom. The van der Waals surface area contributed by atoms with E-state index in [-0.39, 0.29) is 16.9 Å². The molecule has 0 spiro atoms. The summed E-state index contributed by atoms with van der Waals surface area (Å²) in [4.78, 5) is 27.2. The van der Waals surface area contributed by atoms with Gasteiger partial charge in [0.05, 0.1) is 17.6 Å². The van der Waals surface area contributed by atoms with Gasteiger partial charge in [-0.2, -0.15) is 0 Å². The van der Waals surface area contributed by atoms with E-state index in [2.05, 4.69) is 42.2 Å². The minimum Gasteiger partial charge on any atom is -0.478 e. The van der Waals surface area contributed by atoms with Gasteiger partial charge in [-0.3, -0.25) is 4.79 Å². The van der Waals surface area contributed by atoms with Crippen LogP contribution >= 0.6 is 31.9 Å². The zero-order chi connectivity index (χ0) is 14.9. The van der Waals surface area contributed by atoms with Gasteiger partial charge in [-0.1, -0.05) is 15.9 Å². The number of carbonyl (C=O) groups is 2. The summed E-state index contributed by atoms with van der Waals surface area (Å²) >= 11 is 6.45. The zero-order valence-electron chi connectivity index (χ0n) is 10.2. The maximum absolute atomic E-state index is 12.0. The van der Waals surface area contributed by atoms with Crippen LogP contribution in [0.15, 0.2) is 33.6 Å². The average Bonchev–Trinajstić information content (AvgIpc) is 2.78. The maximum Gasteiger partial charge on any atom is 0.337 e. The monoisotopic (exact) mass is 401 g/mol. The number of halogens is 2. The number of hydrogen-bond donors (Lipinski definition) is 2. The summed E-state index contributed by atoms with van der Waals surface area (Å²) in [5.41, 5.74) is 0.380. The molecule has 0 fully saturated rings. The highest BCUT2D eigenvalue weighted by Crippen LogP contribution is 2.31. The van der Waals surface area contributed by atoms with Gasteiger partial charge in [0.2, 0.25) is 0 Å². The third kappa shape index (κ3) is 3.07. The summed E-state index contributed by atoms with van der Waals surface area (Å²) in [6.07, 6.45) is 3.03. The lowest BCUT2D eigenvalue weighted by Gasteiger charge is -2.10. The van der Waals surface area contributed by atoms with Crippen LogP contribution in [-0.2, 0) is 7.05 Å². The Bertz CT molecular complexity index is 697. The first-order chi connectivity index (χ1) is 9.38. The van der Waals surface area contributed by atoms with Gasteiger partial charge >= 0.3 is 5.97 Å². The molecular weight excluding hydrogens is 394 g/mol. The number of hydrogen-bond acceptors (Lipinski definition) is 3. The largest absolute Gasteiger partial charge is 0.478 e. The van der Waals surface area contributed by atoms with E-state index in [1.807, 2.05) is 0 Å². The van der Waals surface area contributed by atoms with E-state index in [0.717, 1.165) is 0 Å². The molecule has 1 aromatic heterocycles. The van der Waals surface area contributed by atoms with E-state index in [0.29, 0.717) is 8.95 Å². The smallest absolute Gasteiger partial charge is 0.337 e. The lowest BCUT2D eigenvalue weighted by atomic mass is 10.1. The Balaban J connectivity index is 2.38. The molecule has 0 bridgehead atoms. The third-order valence-corrected chi connectivity index (χ3v) is 3.54. The van der Waals surface area contributed by atoms with E-state index in [9.17, 15) is 14.7 Å². The lowest BCUT2D eigenvalue weighted by molar-refractivity contribution is 0.0698. The standard InChI is InChI=1S/C12H9Br2N3O3/c1-17-4-9(15-5-17)11(18)16-10-7(12(19)20)2-6(13)3-8(10)14/h2-5H,1H3,(H,16,18)(H,19,20). The second kappa shape index (κ2) is 5.76. The zero-order valence-corrected chi connectivity index (χ0v) is 13.4. The fourth-order valence-electron chi connectivity index (χ4n) is 1.58. The van der Waals surface area contributed by atoms with Gasteiger partial charge in [-0.25, -0.2) is 9.78 Å². The number of carboxylic acid groups (broad SMARTS) is 1. The SMILES string of the molecule is Cn1cnc(C(=O)Nc2c(Br)cc(Br)cc2C(=O)O)c1. The predicted molar refractivity (Wildman–Crippen MR) is 80.0 cm³/mol. The number of rotatable bonds is 3. The van der Waals surface area contributed by atoms with Crippen LogP contribution in [0.4, 0.5) is 5.69 Å². The average molecular weight is 403 g/mol. The van der Waals surface area contributed by atoms with Crippen LogP contribution in [0.2, 0.25) is 0 Å². The summed E-state index contributed by atoms with van der Waals surface area (Å²) in [5.74, 6) is -1.61. The second-order valence-electron chi connectivity index (χ2n) is 3.99. The van der Waals surface area contributed by atoms with Crippen LogP contribution in [0.1, 0.15) is 20.8 Å². The molecule has 1 aromatic carbocycles. The van der Waals surface area contributed by atoms with Crippen molar-refractivity contribution in [3.05, 3.63) is 44.9 Å². The van der Waals surface area contributed by atoms with Gasteiger partial charge in [0, 0.05) is 22.2 Å². The minimum atomic E-state index is -1.14. The minimum absolute atomic E-state index is 0.0180. The summed E-state index contributed by atoms with van der Waals surface area (Å²) < 4.78 is 2.69. The van der Waals surface area contributed by atoms with Gasteiger partial charge in [-0.15, -0.1) is 0 Å². The fourth-order valence-corrected chi connectivity index (χ4v) is 2.90. The predicted octanol–water partition coefficient (Wildman–Crippen LogP) is 2.90. The van der Waals surface area contributed by atoms with Crippen LogP contribution < -0.4 is 5.32 Å². The molecule has 0 unspecified atom stereocenters. The molecule has 0 radical (unpaired) electrons. The molecule has 0 aliphatic carbocycles. The van der Waals surface area contributed by atoms with Gasteiger partial charge < -0.3 is 15.0 Å². The van der Waals surface area contributed by atoms with Crippen molar-refractivity contribution < 1.29 is 14.7 Å². The molecule has 8 heteroatoms. The molecule has 104 valence electrons. The first-order valence-corrected chi connectivity index (χ1v) is 6.98. The number of anilines is 1. The van der Waals surface area contributed by atoms with E-state index in [4.69, 9.17) is 0 Å². The molecule has 0 aliphatic rings. The topological polar surface area (TPSA) is 84.2 Å². The number of carbonyl (C=O) groups excluding carboxylic acids is 1. The molecule has 0 atom stereocenters. The Labute approximate surface area is 131 Å². The van der Waals surface area contributed by atoms with E-state index in [1.54, 1.807) is 23.9 Å². The highest BCUT2D eigenvalue weighted by atomic mass is 79.9. The van der Waals surface area contributed by atoms with Crippen molar-refractivity contribution in [3.8, 4) is 0 Å². The highest BCUT2D eigenvalue weighted by molar-refractivity contribution is 9.11. The highest BCUT2D eigenvalue weighted by Gasteiger charge is 2.18. The molecule has 0 aliphatic heterocycles. The number of aromatic nitrogens is 2. The Morgan fingerprint density at radius 2 is 2.05 bits per heavy atom. The number of nitrogens with zero attached hydrogens (tertiary/aromatic N) is 2. The van der Waals surface area contributed by atoms with Crippen LogP contribution in [0.25, 0.3) is 0 Å². The second-order valence-corrected chi connectivity index (χ2v) is 5.76. The number of aromatic carboxylic acids is 1. The summed E-state index contributed by atoms with van der Waals surface area (Å²) in [7, 11) is 1.74. The van der Waals surface area contributed by atoms with Gasteiger partial charge in [0.25, 0.3) is 5.91 Å². The van der Waals surface area contributed by atoms with Crippen LogP contribution in [-0.4, -0.2) is 26.5 Å². The number of amides is 1. The first-order valence-electron chi connectivity index (χ1n) is 5.40. The molecule has 2 aromatic rings. The van der Waals surface area contributed by atoms with Crippen molar-refractivity contribution in [2.75, 3.05) is 5.32 Å². The number of nitrogens with one attached hydrogen (secondary N) is 1. The first kappa shape index (κ1) is 14.7. The summed E-state index contributed by atoms with van der Waals surface area (Å²) in [6.45, 7) is 0. The van der Waals surface area contributed by atoms with Crippen molar-refractivity contribution in [2.45, 2.75) is 0 Å². The normalized spacial score (nSPS) is 10.3. The van der Waals surface area contributed by atoms with Crippen molar-refractivity contribution in [1.29, 1.82) is 0 Å². The molecular formula is C12H9Br2N3O3. The molecule has 0 saturated carbocycles. The van der Waals surface area contributed by atoms with Crippen molar-refractivity contribution >= 4 is 49.4 Å². The molecule has 2 rings (SSSR count). The number of carboxylic acids is 1. The number of aryl methyl sites for hydroxylation is 1.